The third kappa shape index (κ3) is 6.19. The van der Waals surface area contributed by atoms with Crippen LogP contribution in [0.5, 0.6) is 0 Å². The van der Waals surface area contributed by atoms with E-state index in [0.29, 0.717) is 0 Å². The lowest BCUT2D eigenvalue weighted by Gasteiger charge is -2.25. The van der Waals surface area contributed by atoms with Crippen LogP contribution in [-0.2, 0) is 6.42 Å². The molecule has 0 N–H and O–H groups in total. The van der Waals surface area contributed by atoms with Gasteiger partial charge in [0.25, 0.3) is 0 Å². The number of rotatable bonds is 5. The van der Waals surface area contributed by atoms with E-state index in [0.717, 1.165) is 19.4 Å². The summed E-state index contributed by atoms with van der Waals surface area (Å²) in [6.45, 7) is 7.32. The number of hydrogen-bond acceptors (Lipinski definition) is 1. The second-order valence-electron chi connectivity index (χ2n) is 8.95. The van der Waals surface area contributed by atoms with Gasteiger partial charge in [-0.25, -0.2) is 0 Å². The van der Waals surface area contributed by atoms with Crippen LogP contribution < -0.4 is 4.90 Å². The number of anilines is 2. The molecular weight excluding hydrogens is 422 g/mol. The molecule has 0 saturated heterocycles. The summed E-state index contributed by atoms with van der Waals surface area (Å²) in [4.78, 5) is 2.39. The van der Waals surface area contributed by atoms with Crippen LogP contribution in [0.4, 0.5) is 11.4 Å². The molecular formula is C34H35N. The van der Waals surface area contributed by atoms with Crippen molar-refractivity contribution in [2.45, 2.75) is 33.6 Å². The van der Waals surface area contributed by atoms with Crippen molar-refractivity contribution in [2.75, 3.05) is 11.4 Å². The van der Waals surface area contributed by atoms with Crippen LogP contribution in [0.15, 0.2) is 149 Å². The molecule has 0 radical (unpaired) electrons. The molecule has 1 aliphatic heterocycles. The van der Waals surface area contributed by atoms with Crippen LogP contribution in [-0.4, -0.2) is 6.54 Å². The van der Waals surface area contributed by atoms with Crippen molar-refractivity contribution in [2.24, 2.45) is 0 Å². The molecule has 0 aromatic heterocycles. The lowest BCUT2D eigenvalue weighted by molar-refractivity contribution is 1.07. The van der Waals surface area contributed by atoms with Gasteiger partial charge in [0, 0.05) is 17.9 Å². The Morgan fingerprint density at radius 1 is 0.857 bits per heavy atom. The van der Waals surface area contributed by atoms with Gasteiger partial charge in [0.1, 0.15) is 0 Å². The van der Waals surface area contributed by atoms with E-state index in [1.807, 2.05) is 0 Å². The highest BCUT2D eigenvalue weighted by molar-refractivity contribution is 5.68. The summed E-state index contributed by atoms with van der Waals surface area (Å²) in [5.74, 6) is 0. The molecule has 1 aliphatic carbocycles. The normalized spacial score (nSPS) is 19.5. The van der Waals surface area contributed by atoms with Crippen molar-refractivity contribution < 1.29 is 0 Å². The van der Waals surface area contributed by atoms with Crippen molar-refractivity contribution in [3.63, 3.8) is 0 Å². The molecule has 2 aromatic carbocycles. The van der Waals surface area contributed by atoms with Gasteiger partial charge >= 0.3 is 0 Å². The minimum atomic E-state index is 0.827. The molecule has 0 spiro atoms. The number of hydrogen-bond donors (Lipinski definition) is 0. The minimum Gasteiger partial charge on any atom is -0.337 e. The summed E-state index contributed by atoms with van der Waals surface area (Å²) in [5, 5.41) is 0. The molecule has 2 aromatic rings. The maximum atomic E-state index is 2.39. The smallest absolute Gasteiger partial charge is 0.0449 e. The van der Waals surface area contributed by atoms with Crippen LogP contribution in [0.3, 0.4) is 0 Å². The maximum Gasteiger partial charge on any atom is 0.0449 e. The first-order chi connectivity index (χ1) is 17.2. The van der Waals surface area contributed by atoms with Crippen molar-refractivity contribution in [1.82, 2.24) is 0 Å². The van der Waals surface area contributed by atoms with E-state index in [2.05, 4.69) is 147 Å². The topological polar surface area (TPSA) is 3.24 Å². The molecule has 0 atom stereocenters. The van der Waals surface area contributed by atoms with Gasteiger partial charge in [0.15, 0.2) is 0 Å². The van der Waals surface area contributed by atoms with Crippen LogP contribution in [0.2, 0.25) is 0 Å². The molecule has 176 valence electrons. The first-order valence-corrected chi connectivity index (χ1v) is 12.5. The Hall–Kier alpha value is -3.84. The Labute approximate surface area is 211 Å². The first kappa shape index (κ1) is 24.3. The highest BCUT2D eigenvalue weighted by atomic mass is 15.1. The number of allylic oxidation sites excluding steroid dienone is 15. The molecule has 0 fully saturated rings. The maximum absolute atomic E-state index is 2.39. The van der Waals surface area contributed by atoms with Gasteiger partial charge in [0.2, 0.25) is 0 Å². The highest BCUT2D eigenvalue weighted by Gasteiger charge is 2.13. The fraction of sp³-hybridized carbons (Fsp3) is 0.176. The lowest BCUT2D eigenvalue weighted by Crippen LogP contribution is -2.18. The Bertz CT molecular complexity index is 1270. The van der Waals surface area contributed by atoms with Crippen molar-refractivity contribution in [1.29, 1.82) is 0 Å². The Morgan fingerprint density at radius 2 is 1.63 bits per heavy atom. The van der Waals surface area contributed by atoms with Crippen LogP contribution in [0, 0.1) is 0 Å². The van der Waals surface area contributed by atoms with Gasteiger partial charge in [-0.15, -0.1) is 0 Å². The first-order valence-electron chi connectivity index (χ1n) is 12.5. The van der Waals surface area contributed by atoms with E-state index >= 15 is 0 Å². The van der Waals surface area contributed by atoms with Crippen molar-refractivity contribution >= 4 is 11.4 Å². The van der Waals surface area contributed by atoms with Crippen molar-refractivity contribution in [3.05, 3.63) is 155 Å². The molecule has 1 heteroatoms. The Morgan fingerprint density at radius 3 is 2.46 bits per heavy atom. The Kier molecular flexibility index (Phi) is 8.35. The zero-order valence-corrected chi connectivity index (χ0v) is 21.1. The zero-order valence-electron chi connectivity index (χ0n) is 21.1. The predicted octanol–water partition coefficient (Wildman–Crippen LogP) is 9.14. The number of fused-ring (bicyclic) bond motifs is 1. The largest absolute Gasteiger partial charge is 0.337 e. The highest BCUT2D eigenvalue weighted by Crippen LogP contribution is 2.30. The van der Waals surface area contributed by atoms with E-state index < -0.39 is 0 Å². The fourth-order valence-corrected chi connectivity index (χ4v) is 4.56. The van der Waals surface area contributed by atoms with E-state index in [9.17, 15) is 0 Å². The third-order valence-electron chi connectivity index (χ3n) is 6.43. The molecule has 0 saturated carbocycles. The summed E-state index contributed by atoms with van der Waals surface area (Å²) in [7, 11) is 0. The summed E-state index contributed by atoms with van der Waals surface area (Å²) in [6.07, 6.45) is 26.5. The van der Waals surface area contributed by atoms with E-state index in [-0.39, 0.29) is 0 Å². The summed E-state index contributed by atoms with van der Waals surface area (Å²) in [6, 6.07) is 19.4. The second kappa shape index (κ2) is 12.0. The van der Waals surface area contributed by atoms with E-state index in [1.54, 1.807) is 0 Å². The molecule has 4 rings (SSSR count). The standard InChI is InChI=1S/C34H35N/c1-4-14-32(33-20-10-5-7-15-27(33)2)28(3)22-23-29-16-13-26-35(31-18-8-6-9-19-31)34-21-12-11-17-30(34)25-24-29/h4,6-24H,5,25-26H2,1-3H3/b14-4-,16-13-,23-22+,29-24+,32-28+. The number of nitrogens with zero attached hydrogens (tertiary/aromatic N) is 1. The van der Waals surface area contributed by atoms with Crippen LogP contribution in [0.25, 0.3) is 0 Å². The average molecular weight is 458 g/mol. The molecule has 1 nitrogen and oxygen atoms in total. The lowest BCUT2D eigenvalue weighted by atomic mass is 9.95. The second-order valence-corrected chi connectivity index (χ2v) is 8.95. The number of para-hydroxylation sites is 2. The van der Waals surface area contributed by atoms with E-state index in [1.165, 1.54) is 44.8 Å². The third-order valence-corrected chi connectivity index (χ3v) is 6.43. The molecule has 0 amide bonds. The van der Waals surface area contributed by atoms with Crippen molar-refractivity contribution in [3.8, 4) is 0 Å². The van der Waals surface area contributed by atoms with Gasteiger partial charge in [0.05, 0.1) is 0 Å². The number of benzene rings is 2. The van der Waals surface area contributed by atoms with Crippen LogP contribution in [0.1, 0.15) is 32.8 Å². The quantitative estimate of drug-likeness (QED) is 0.405. The van der Waals surface area contributed by atoms with E-state index in [4.69, 9.17) is 0 Å². The summed E-state index contributed by atoms with van der Waals surface area (Å²) >= 11 is 0. The summed E-state index contributed by atoms with van der Waals surface area (Å²) < 4.78 is 0. The van der Waals surface area contributed by atoms with Gasteiger partial charge in [-0.3, -0.25) is 0 Å². The molecule has 0 unspecified atom stereocenters. The monoisotopic (exact) mass is 457 g/mol. The van der Waals surface area contributed by atoms with Gasteiger partial charge in [-0.1, -0.05) is 103 Å². The Balaban J connectivity index is 1.66. The molecule has 35 heavy (non-hydrogen) atoms. The SMILES string of the molecule is C\C=C/C(C1=C(C)C=CCC=C1)=C(C)\C=C\C1=C\Cc2ccccc2N(c2ccccc2)C\C=C/1. The fourth-order valence-electron chi connectivity index (χ4n) is 4.56. The van der Waals surface area contributed by atoms with Gasteiger partial charge < -0.3 is 4.90 Å². The van der Waals surface area contributed by atoms with Gasteiger partial charge in [-0.2, -0.15) is 0 Å². The van der Waals surface area contributed by atoms with Crippen LogP contribution >= 0.6 is 0 Å². The summed E-state index contributed by atoms with van der Waals surface area (Å²) in [5.41, 5.74) is 10.2. The zero-order chi connectivity index (χ0) is 24.5. The average Bonchev–Trinajstić information content (AvgIpc) is 3.05. The minimum absolute atomic E-state index is 0.827. The predicted molar refractivity (Wildman–Crippen MR) is 153 cm³/mol. The molecule has 1 heterocycles. The van der Waals surface area contributed by atoms with Gasteiger partial charge in [-0.05, 0) is 85.2 Å². The molecule has 2 aliphatic rings. The molecule has 0 bridgehead atoms.